The van der Waals surface area contributed by atoms with Crippen LogP contribution in [0.15, 0.2) is 17.5 Å². The molecule has 1 aliphatic heterocycles. The highest BCUT2D eigenvalue weighted by molar-refractivity contribution is 6.12. The highest BCUT2D eigenvalue weighted by Gasteiger charge is 2.38. The number of nitrogens with two attached hydrogens (primary N) is 2. The number of guanidine groups is 1. The maximum atomic E-state index is 11.9. The Morgan fingerprint density at radius 1 is 1.40 bits per heavy atom. The fraction of sp³-hybridized carbons (Fsp3) is 0.300. The molecule has 0 bridgehead atoms. The van der Waals surface area contributed by atoms with Crippen LogP contribution < -0.4 is 22.1 Å². The summed E-state index contributed by atoms with van der Waals surface area (Å²) < 4.78 is 0. The molecule has 0 spiro atoms. The minimum Gasteiger partial charge on any atom is -0.369 e. The van der Waals surface area contributed by atoms with Crippen molar-refractivity contribution in [1.29, 1.82) is 0 Å². The molecule has 0 aliphatic carbocycles. The van der Waals surface area contributed by atoms with E-state index in [9.17, 15) is 14.4 Å². The SMILES string of the molecule is NC(=O)NC1=NC(Cc2cnc[nH]2)[C@@H](C(N)=O)C(=O)N1. The predicted octanol–water partition coefficient (Wildman–Crippen LogP) is -2.42. The van der Waals surface area contributed by atoms with Gasteiger partial charge < -0.3 is 16.5 Å². The topological polar surface area (TPSA) is 168 Å². The van der Waals surface area contributed by atoms with Gasteiger partial charge in [-0.05, 0) is 0 Å². The van der Waals surface area contributed by atoms with Crippen LogP contribution in [0.5, 0.6) is 0 Å². The first-order chi connectivity index (χ1) is 9.47. The monoisotopic (exact) mass is 279 g/mol. The number of carbonyl (C=O) groups excluding carboxylic acids is 3. The first kappa shape index (κ1) is 13.5. The number of imidazole rings is 1. The zero-order chi connectivity index (χ0) is 14.7. The molecule has 0 saturated heterocycles. The van der Waals surface area contributed by atoms with E-state index in [-0.39, 0.29) is 12.4 Å². The van der Waals surface area contributed by atoms with Crippen molar-refractivity contribution in [3.05, 3.63) is 18.2 Å². The van der Waals surface area contributed by atoms with Crippen LogP contribution in [0, 0.1) is 5.92 Å². The number of urea groups is 1. The molecule has 7 N–H and O–H groups in total. The molecule has 4 amide bonds. The molecule has 2 atom stereocenters. The van der Waals surface area contributed by atoms with E-state index in [4.69, 9.17) is 11.5 Å². The lowest BCUT2D eigenvalue weighted by atomic mass is 9.93. The summed E-state index contributed by atoms with van der Waals surface area (Å²) in [4.78, 5) is 44.8. The summed E-state index contributed by atoms with van der Waals surface area (Å²) in [6.07, 6.45) is 3.25. The van der Waals surface area contributed by atoms with Gasteiger partial charge in [-0.15, -0.1) is 0 Å². The van der Waals surface area contributed by atoms with Gasteiger partial charge in [0.2, 0.25) is 17.8 Å². The molecule has 0 aromatic carbocycles. The van der Waals surface area contributed by atoms with Crippen molar-refractivity contribution in [2.75, 3.05) is 0 Å². The fourth-order valence-electron chi connectivity index (χ4n) is 1.93. The predicted molar refractivity (Wildman–Crippen MR) is 67.1 cm³/mol. The molecule has 1 aromatic rings. The lowest BCUT2D eigenvalue weighted by Gasteiger charge is -2.26. The summed E-state index contributed by atoms with van der Waals surface area (Å²) in [6, 6.07) is -1.62. The largest absolute Gasteiger partial charge is 0.369 e. The van der Waals surface area contributed by atoms with Crippen molar-refractivity contribution < 1.29 is 14.4 Å². The van der Waals surface area contributed by atoms with E-state index in [1.54, 1.807) is 6.20 Å². The van der Waals surface area contributed by atoms with Crippen molar-refractivity contribution in [1.82, 2.24) is 20.6 Å². The third kappa shape index (κ3) is 2.91. The standard InChI is InChI=1S/C10H13N7O3/c11-7(18)6-5(1-4-2-13-3-14-4)15-10(16-8(6)19)17-9(12)20/h2-3,5-6H,1H2,(H2,11,18)(H,13,14)(H4,12,15,16,17,19,20)/t5?,6-/m0/s1. The third-order valence-electron chi connectivity index (χ3n) is 2.74. The second-order valence-corrected chi connectivity index (χ2v) is 4.18. The molecule has 1 aromatic heterocycles. The van der Waals surface area contributed by atoms with Crippen molar-refractivity contribution >= 4 is 23.8 Å². The molecule has 10 heteroatoms. The van der Waals surface area contributed by atoms with Gasteiger partial charge in [-0.2, -0.15) is 0 Å². The van der Waals surface area contributed by atoms with Gasteiger partial charge in [-0.25, -0.2) is 14.8 Å². The summed E-state index contributed by atoms with van der Waals surface area (Å²) in [7, 11) is 0. The number of carbonyl (C=O) groups is 3. The molecule has 0 radical (unpaired) electrons. The summed E-state index contributed by atoms with van der Waals surface area (Å²) >= 11 is 0. The number of amides is 4. The average Bonchev–Trinajstić information content (AvgIpc) is 2.79. The summed E-state index contributed by atoms with van der Waals surface area (Å²) in [5, 5.41) is 4.42. The van der Waals surface area contributed by atoms with Crippen molar-refractivity contribution in [2.24, 2.45) is 22.4 Å². The normalized spacial score (nSPS) is 21.8. The number of aliphatic imine (C=N–C) groups is 1. The Kier molecular flexibility index (Phi) is 3.64. The molecule has 20 heavy (non-hydrogen) atoms. The summed E-state index contributed by atoms with van der Waals surface area (Å²) in [5.74, 6) is -2.67. The number of nitrogens with zero attached hydrogens (tertiary/aromatic N) is 2. The number of hydrogen-bond donors (Lipinski definition) is 5. The van der Waals surface area contributed by atoms with Crippen LogP contribution in [0.4, 0.5) is 4.79 Å². The van der Waals surface area contributed by atoms with Crippen molar-refractivity contribution in [3.8, 4) is 0 Å². The highest BCUT2D eigenvalue weighted by atomic mass is 16.2. The molecule has 1 unspecified atom stereocenters. The molecule has 2 heterocycles. The van der Waals surface area contributed by atoms with Crippen LogP contribution in [0.3, 0.4) is 0 Å². The second kappa shape index (κ2) is 5.38. The maximum Gasteiger partial charge on any atom is 0.318 e. The quantitative estimate of drug-likeness (QED) is 0.388. The average molecular weight is 279 g/mol. The van der Waals surface area contributed by atoms with Gasteiger partial charge in [0.1, 0.15) is 5.92 Å². The Labute approximate surface area is 113 Å². The number of aromatic nitrogens is 2. The van der Waals surface area contributed by atoms with Gasteiger partial charge >= 0.3 is 6.03 Å². The molecule has 1 aliphatic rings. The first-order valence-electron chi connectivity index (χ1n) is 5.69. The Balaban J connectivity index is 2.26. The van der Waals surface area contributed by atoms with Gasteiger partial charge in [0.25, 0.3) is 0 Å². The number of nitrogens with one attached hydrogen (secondary N) is 3. The molecule has 0 saturated carbocycles. The van der Waals surface area contributed by atoms with Crippen molar-refractivity contribution in [3.63, 3.8) is 0 Å². The smallest absolute Gasteiger partial charge is 0.318 e. The van der Waals surface area contributed by atoms with E-state index >= 15 is 0 Å². The van der Waals surface area contributed by atoms with E-state index in [0.717, 1.165) is 0 Å². The van der Waals surface area contributed by atoms with Gasteiger partial charge in [0, 0.05) is 18.3 Å². The van der Waals surface area contributed by atoms with E-state index in [1.165, 1.54) is 6.33 Å². The minimum atomic E-state index is -1.13. The van der Waals surface area contributed by atoms with E-state index < -0.39 is 29.8 Å². The Morgan fingerprint density at radius 2 is 2.15 bits per heavy atom. The molecule has 2 rings (SSSR count). The number of primary amides is 2. The third-order valence-corrected chi connectivity index (χ3v) is 2.74. The summed E-state index contributed by atoms with van der Waals surface area (Å²) in [6.45, 7) is 0. The number of H-pyrrole nitrogens is 1. The molecule has 0 fully saturated rings. The molecule has 106 valence electrons. The highest BCUT2D eigenvalue weighted by Crippen LogP contribution is 2.16. The van der Waals surface area contributed by atoms with E-state index in [1.807, 2.05) is 0 Å². The minimum absolute atomic E-state index is 0.107. The van der Waals surface area contributed by atoms with E-state index in [0.29, 0.717) is 5.69 Å². The van der Waals surface area contributed by atoms with Crippen LogP contribution in [0.2, 0.25) is 0 Å². The number of hydrogen-bond acceptors (Lipinski definition) is 5. The first-order valence-corrected chi connectivity index (χ1v) is 5.69. The Bertz CT molecular complexity index is 565. The molecule has 10 nitrogen and oxygen atoms in total. The second-order valence-electron chi connectivity index (χ2n) is 4.18. The summed E-state index contributed by atoms with van der Waals surface area (Å²) in [5.41, 5.74) is 10.9. The number of aromatic amines is 1. The van der Waals surface area contributed by atoms with Gasteiger partial charge in [-0.1, -0.05) is 0 Å². The zero-order valence-corrected chi connectivity index (χ0v) is 10.3. The molecular formula is C10H13N7O3. The maximum absolute atomic E-state index is 11.9. The van der Waals surface area contributed by atoms with Crippen LogP contribution >= 0.6 is 0 Å². The van der Waals surface area contributed by atoms with Gasteiger partial charge in [0.05, 0.1) is 12.4 Å². The zero-order valence-electron chi connectivity index (χ0n) is 10.3. The van der Waals surface area contributed by atoms with Crippen LogP contribution in [0.1, 0.15) is 5.69 Å². The van der Waals surface area contributed by atoms with Gasteiger partial charge in [0.15, 0.2) is 0 Å². The van der Waals surface area contributed by atoms with Crippen molar-refractivity contribution in [2.45, 2.75) is 12.5 Å². The number of rotatable bonds is 3. The lowest BCUT2D eigenvalue weighted by molar-refractivity contribution is -0.133. The Hall–Kier alpha value is -2.91. The van der Waals surface area contributed by atoms with Crippen LogP contribution in [-0.2, 0) is 16.0 Å². The van der Waals surface area contributed by atoms with Gasteiger partial charge in [-0.3, -0.25) is 20.2 Å². The molecular weight excluding hydrogens is 266 g/mol. The van der Waals surface area contributed by atoms with Crippen LogP contribution in [-0.4, -0.2) is 39.8 Å². The van der Waals surface area contributed by atoms with Crippen LogP contribution in [0.25, 0.3) is 0 Å². The fourth-order valence-corrected chi connectivity index (χ4v) is 1.93. The lowest BCUT2D eigenvalue weighted by Crippen LogP contribution is -2.56. The Morgan fingerprint density at radius 3 is 2.70 bits per heavy atom. The van der Waals surface area contributed by atoms with E-state index in [2.05, 4.69) is 25.6 Å².